The van der Waals surface area contributed by atoms with Crippen LogP contribution in [0.3, 0.4) is 0 Å². The van der Waals surface area contributed by atoms with Crippen molar-refractivity contribution in [3.05, 3.63) is 0 Å². The molecule has 0 saturated heterocycles. The molecule has 1 spiro atoms. The van der Waals surface area contributed by atoms with Gasteiger partial charge in [0.05, 0.1) is 6.10 Å². The number of carbonyl (C=O) groups is 1. The molecule has 5 atom stereocenters. The first-order valence-corrected chi connectivity index (χ1v) is 5.44. The summed E-state index contributed by atoms with van der Waals surface area (Å²) in [6.45, 7) is 1.79. The van der Waals surface area contributed by atoms with Crippen molar-refractivity contribution in [2.75, 3.05) is 6.79 Å². The number of carbonyl (C=O) groups excluding carboxylic acids is 1. The van der Waals surface area contributed by atoms with Gasteiger partial charge in [-0.2, -0.15) is 0 Å². The molecule has 0 aromatic carbocycles. The molecule has 3 fully saturated rings. The van der Waals surface area contributed by atoms with Crippen LogP contribution < -0.4 is 0 Å². The Bertz CT molecular complexity index is 288. The van der Waals surface area contributed by atoms with Crippen molar-refractivity contribution in [1.29, 1.82) is 0 Å². The minimum Gasteiger partial charge on any atom is -0.371 e. The number of fused-ring (bicyclic) bond motifs is 1. The zero-order valence-electron chi connectivity index (χ0n) is 8.40. The molecule has 0 radical (unpaired) electrons. The van der Waals surface area contributed by atoms with Crippen molar-refractivity contribution in [1.82, 2.24) is 0 Å². The van der Waals surface area contributed by atoms with Gasteiger partial charge < -0.3 is 9.84 Å². The Morgan fingerprint density at radius 2 is 2.29 bits per heavy atom. The van der Waals surface area contributed by atoms with Gasteiger partial charge in [0.25, 0.3) is 0 Å². The van der Waals surface area contributed by atoms with Crippen LogP contribution in [0.25, 0.3) is 0 Å². The Balaban J connectivity index is 1.87. The SMILES string of the molecule is CC1CC23CC(C1=O)C(OCO)C2C3. The Labute approximate surface area is 83.4 Å². The highest BCUT2D eigenvalue weighted by Crippen LogP contribution is 2.71. The van der Waals surface area contributed by atoms with Gasteiger partial charge in [-0.15, -0.1) is 0 Å². The normalized spacial score (nSPS) is 54.6. The van der Waals surface area contributed by atoms with Gasteiger partial charge in [-0.05, 0) is 30.6 Å². The van der Waals surface area contributed by atoms with Gasteiger partial charge in [0.15, 0.2) is 0 Å². The van der Waals surface area contributed by atoms with Crippen LogP contribution in [0.4, 0.5) is 0 Å². The molecule has 0 aromatic heterocycles. The summed E-state index contributed by atoms with van der Waals surface area (Å²) in [6, 6.07) is 0. The monoisotopic (exact) mass is 196 g/mol. The third-order valence-electron chi connectivity index (χ3n) is 4.50. The molecule has 3 rings (SSSR count). The van der Waals surface area contributed by atoms with Gasteiger partial charge >= 0.3 is 0 Å². The Hall–Kier alpha value is -0.410. The van der Waals surface area contributed by atoms with Gasteiger partial charge in [-0.25, -0.2) is 0 Å². The van der Waals surface area contributed by atoms with E-state index in [0.717, 1.165) is 12.8 Å². The Morgan fingerprint density at radius 1 is 1.50 bits per heavy atom. The molecule has 2 bridgehead atoms. The molecular formula is C11H16O3. The molecule has 0 amide bonds. The van der Waals surface area contributed by atoms with Crippen molar-refractivity contribution in [3.63, 3.8) is 0 Å². The lowest BCUT2D eigenvalue weighted by Crippen LogP contribution is -2.35. The first-order chi connectivity index (χ1) is 6.68. The fraction of sp³-hybridized carbons (Fsp3) is 0.909. The first kappa shape index (κ1) is 8.86. The average molecular weight is 196 g/mol. The van der Waals surface area contributed by atoms with E-state index in [0.29, 0.717) is 17.1 Å². The van der Waals surface area contributed by atoms with E-state index in [1.807, 2.05) is 6.92 Å². The lowest BCUT2D eigenvalue weighted by Gasteiger charge is -2.29. The molecule has 14 heavy (non-hydrogen) atoms. The van der Waals surface area contributed by atoms with E-state index in [-0.39, 0.29) is 24.7 Å². The van der Waals surface area contributed by atoms with Crippen LogP contribution in [0.5, 0.6) is 0 Å². The fourth-order valence-electron chi connectivity index (χ4n) is 3.89. The number of Topliss-reactive ketones (excluding diaryl/α,β-unsaturated/α-hetero) is 1. The van der Waals surface area contributed by atoms with Gasteiger partial charge in [-0.1, -0.05) is 6.92 Å². The van der Waals surface area contributed by atoms with Crippen LogP contribution in [-0.2, 0) is 9.53 Å². The standard InChI is InChI=1S/C11H16O3/c1-6-2-11-3-7(9(6)13)10(14-5-12)8(11)4-11/h6-8,10,12H,2-5H2,1H3. The van der Waals surface area contributed by atoms with Crippen LogP contribution in [0, 0.1) is 23.2 Å². The lowest BCUT2D eigenvalue weighted by molar-refractivity contribution is -0.137. The van der Waals surface area contributed by atoms with Gasteiger partial charge in [0.2, 0.25) is 0 Å². The molecule has 3 heteroatoms. The summed E-state index contributed by atoms with van der Waals surface area (Å²) >= 11 is 0. The summed E-state index contributed by atoms with van der Waals surface area (Å²) in [5.41, 5.74) is 0.428. The molecule has 0 aliphatic heterocycles. The zero-order chi connectivity index (χ0) is 9.92. The van der Waals surface area contributed by atoms with E-state index in [4.69, 9.17) is 9.84 Å². The molecule has 3 saturated carbocycles. The summed E-state index contributed by atoms with van der Waals surface area (Å²) in [4.78, 5) is 11.9. The quantitative estimate of drug-likeness (QED) is 0.669. The molecule has 5 unspecified atom stereocenters. The van der Waals surface area contributed by atoms with Gasteiger partial charge in [-0.3, -0.25) is 4.79 Å². The van der Waals surface area contributed by atoms with Crippen molar-refractivity contribution in [3.8, 4) is 0 Å². The predicted octanol–water partition coefficient (Wildman–Crippen LogP) is 0.956. The van der Waals surface area contributed by atoms with Crippen molar-refractivity contribution in [2.24, 2.45) is 23.2 Å². The van der Waals surface area contributed by atoms with Crippen LogP contribution in [0.1, 0.15) is 26.2 Å². The highest BCUT2D eigenvalue weighted by atomic mass is 16.6. The van der Waals surface area contributed by atoms with Crippen molar-refractivity contribution < 1.29 is 14.6 Å². The topological polar surface area (TPSA) is 46.5 Å². The summed E-state index contributed by atoms with van der Waals surface area (Å²) in [7, 11) is 0. The third kappa shape index (κ3) is 0.920. The van der Waals surface area contributed by atoms with Gasteiger partial charge in [0.1, 0.15) is 12.6 Å². The van der Waals surface area contributed by atoms with Crippen LogP contribution in [0.15, 0.2) is 0 Å². The van der Waals surface area contributed by atoms with E-state index in [9.17, 15) is 4.79 Å². The summed E-state index contributed by atoms with van der Waals surface area (Å²) < 4.78 is 5.32. The number of ether oxygens (including phenoxy) is 1. The molecule has 1 N–H and O–H groups in total. The smallest absolute Gasteiger partial charge is 0.143 e. The number of hydrogen-bond acceptors (Lipinski definition) is 3. The number of aliphatic hydroxyl groups is 1. The van der Waals surface area contributed by atoms with Crippen molar-refractivity contribution >= 4 is 5.78 Å². The number of rotatable bonds is 2. The zero-order valence-corrected chi connectivity index (χ0v) is 8.40. The van der Waals surface area contributed by atoms with E-state index < -0.39 is 0 Å². The van der Waals surface area contributed by atoms with Crippen LogP contribution in [-0.4, -0.2) is 23.8 Å². The molecule has 78 valence electrons. The number of hydrogen-bond donors (Lipinski definition) is 1. The summed E-state index contributed by atoms with van der Waals surface area (Å²) in [6.07, 6.45) is 3.31. The molecule has 3 aliphatic carbocycles. The Morgan fingerprint density at radius 3 is 3.00 bits per heavy atom. The second-order valence-corrected chi connectivity index (χ2v) is 5.25. The third-order valence-corrected chi connectivity index (χ3v) is 4.50. The lowest BCUT2D eigenvalue weighted by atomic mass is 9.76. The summed E-state index contributed by atoms with van der Waals surface area (Å²) in [5, 5.41) is 8.80. The fourth-order valence-corrected chi connectivity index (χ4v) is 3.89. The largest absolute Gasteiger partial charge is 0.371 e. The molecular weight excluding hydrogens is 180 g/mol. The van der Waals surface area contributed by atoms with Crippen LogP contribution >= 0.6 is 0 Å². The highest BCUT2D eigenvalue weighted by Gasteiger charge is 2.70. The second kappa shape index (κ2) is 2.58. The maximum atomic E-state index is 11.9. The minimum atomic E-state index is -0.241. The summed E-state index contributed by atoms with van der Waals surface area (Å²) in [5.74, 6) is 1.23. The van der Waals surface area contributed by atoms with Gasteiger partial charge in [0, 0.05) is 11.8 Å². The van der Waals surface area contributed by atoms with E-state index in [1.54, 1.807) is 0 Å². The molecule has 3 nitrogen and oxygen atoms in total. The molecule has 0 heterocycles. The van der Waals surface area contributed by atoms with Crippen LogP contribution in [0.2, 0.25) is 0 Å². The predicted molar refractivity (Wildman–Crippen MR) is 49.4 cm³/mol. The maximum Gasteiger partial charge on any atom is 0.143 e. The minimum absolute atomic E-state index is 0.0254. The first-order valence-electron chi connectivity index (χ1n) is 5.44. The van der Waals surface area contributed by atoms with E-state index in [1.165, 1.54) is 6.42 Å². The number of ketones is 1. The average Bonchev–Trinajstić information content (AvgIpc) is 2.76. The Kier molecular flexibility index (Phi) is 1.63. The molecule has 3 aliphatic rings. The highest BCUT2D eigenvalue weighted by molar-refractivity contribution is 5.86. The molecule has 0 aromatic rings. The van der Waals surface area contributed by atoms with E-state index >= 15 is 0 Å². The second-order valence-electron chi connectivity index (χ2n) is 5.25. The number of aliphatic hydroxyl groups excluding tert-OH is 1. The van der Waals surface area contributed by atoms with E-state index in [2.05, 4.69) is 0 Å². The maximum absolute atomic E-state index is 11.9. The van der Waals surface area contributed by atoms with Crippen molar-refractivity contribution in [2.45, 2.75) is 32.3 Å².